The Hall–Kier alpha value is -1.78. The lowest BCUT2D eigenvalue weighted by atomic mass is 10.1. The van der Waals surface area contributed by atoms with Crippen LogP contribution >= 0.6 is 11.8 Å². The highest BCUT2D eigenvalue weighted by atomic mass is 32.2. The minimum Gasteiger partial charge on any atom is -0.387 e. The summed E-state index contributed by atoms with van der Waals surface area (Å²) in [6.07, 6.45) is -0.694. The second kappa shape index (κ2) is 8.01. The van der Waals surface area contributed by atoms with E-state index in [2.05, 4.69) is 19.2 Å². The summed E-state index contributed by atoms with van der Waals surface area (Å²) in [4.78, 5) is 13.2. The van der Waals surface area contributed by atoms with Gasteiger partial charge in [0.05, 0.1) is 6.10 Å². The van der Waals surface area contributed by atoms with Crippen molar-refractivity contribution in [2.45, 2.75) is 30.1 Å². The van der Waals surface area contributed by atoms with Crippen LogP contribution in [0.4, 0.5) is 0 Å². The van der Waals surface area contributed by atoms with Crippen LogP contribution in [0, 0.1) is 0 Å². The molecule has 0 aliphatic heterocycles. The van der Waals surface area contributed by atoms with E-state index in [1.807, 2.05) is 54.6 Å². The quantitative estimate of drug-likeness (QED) is 0.800. The molecule has 2 rings (SSSR count). The molecule has 2 aromatic rings. The number of carbonyl (C=O) groups excluding carboxylic acids is 1. The third-order valence-corrected chi connectivity index (χ3v) is 4.14. The van der Waals surface area contributed by atoms with Gasteiger partial charge in [0.1, 0.15) is 0 Å². The molecule has 0 radical (unpaired) electrons. The van der Waals surface area contributed by atoms with Crippen molar-refractivity contribution in [2.24, 2.45) is 0 Å². The van der Waals surface area contributed by atoms with E-state index in [0.29, 0.717) is 10.8 Å². The molecule has 4 heteroatoms. The van der Waals surface area contributed by atoms with Crippen LogP contribution in [0.3, 0.4) is 0 Å². The standard InChI is InChI=1S/C18H21NO2S/c1-13(2)22-16-10-8-15(9-11-16)18(21)19-12-17(20)14-6-4-3-5-7-14/h3-11,13,17,20H,12H2,1-2H3,(H,19,21). The summed E-state index contributed by atoms with van der Waals surface area (Å²) in [6.45, 7) is 4.47. The largest absolute Gasteiger partial charge is 0.387 e. The van der Waals surface area contributed by atoms with Crippen LogP contribution in [0.5, 0.6) is 0 Å². The highest BCUT2D eigenvalue weighted by molar-refractivity contribution is 7.99. The number of carbonyl (C=O) groups is 1. The molecule has 2 N–H and O–H groups in total. The molecule has 0 bridgehead atoms. The third kappa shape index (κ3) is 4.90. The van der Waals surface area contributed by atoms with Gasteiger partial charge in [-0.25, -0.2) is 0 Å². The highest BCUT2D eigenvalue weighted by Gasteiger charge is 2.10. The molecular weight excluding hydrogens is 294 g/mol. The fourth-order valence-corrected chi connectivity index (χ4v) is 2.88. The summed E-state index contributed by atoms with van der Waals surface area (Å²) in [5, 5.41) is 13.3. The predicted octanol–water partition coefficient (Wildman–Crippen LogP) is 3.65. The van der Waals surface area contributed by atoms with Gasteiger partial charge < -0.3 is 10.4 Å². The Morgan fingerprint density at radius 3 is 2.32 bits per heavy atom. The topological polar surface area (TPSA) is 49.3 Å². The molecule has 0 spiro atoms. The number of aliphatic hydroxyl groups is 1. The summed E-state index contributed by atoms with van der Waals surface area (Å²) in [5.74, 6) is -0.170. The van der Waals surface area contributed by atoms with Crippen molar-refractivity contribution in [2.75, 3.05) is 6.54 Å². The summed E-state index contributed by atoms with van der Waals surface area (Å²) in [6, 6.07) is 16.8. The predicted molar refractivity (Wildman–Crippen MR) is 91.2 cm³/mol. The molecule has 3 nitrogen and oxygen atoms in total. The van der Waals surface area contributed by atoms with E-state index in [4.69, 9.17) is 0 Å². The molecule has 1 amide bonds. The van der Waals surface area contributed by atoms with Crippen molar-refractivity contribution in [1.82, 2.24) is 5.32 Å². The molecule has 0 saturated heterocycles. The van der Waals surface area contributed by atoms with E-state index in [0.717, 1.165) is 10.5 Å². The maximum Gasteiger partial charge on any atom is 0.251 e. The number of benzene rings is 2. The molecule has 0 aliphatic rings. The Kier molecular flexibility index (Phi) is 6.04. The van der Waals surface area contributed by atoms with Crippen molar-refractivity contribution >= 4 is 17.7 Å². The summed E-state index contributed by atoms with van der Waals surface area (Å²) < 4.78 is 0. The van der Waals surface area contributed by atoms with Crippen LogP contribution in [0.15, 0.2) is 59.5 Å². The Balaban J connectivity index is 1.89. The maximum atomic E-state index is 12.1. The normalized spacial score (nSPS) is 12.2. The first-order chi connectivity index (χ1) is 10.6. The Morgan fingerprint density at radius 2 is 1.73 bits per heavy atom. The first kappa shape index (κ1) is 16.6. The summed E-state index contributed by atoms with van der Waals surface area (Å²) >= 11 is 1.76. The number of nitrogens with one attached hydrogen (secondary N) is 1. The van der Waals surface area contributed by atoms with Gasteiger partial charge in [-0.2, -0.15) is 0 Å². The van der Waals surface area contributed by atoms with Crippen molar-refractivity contribution in [3.63, 3.8) is 0 Å². The number of thioether (sulfide) groups is 1. The second-order valence-corrected chi connectivity index (χ2v) is 6.98. The molecule has 0 fully saturated rings. The van der Waals surface area contributed by atoms with Crippen LogP contribution in [0.2, 0.25) is 0 Å². The summed E-state index contributed by atoms with van der Waals surface area (Å²) in [7, 11) is 0. The number of hydrogen-bond acceptors (Lipinski definition) is 3. The second-order valence-electron chi connectivity index (χ2n) is 5.33. The number of rotatable bonds is 6. The molecule has 0 aromatic heterocycles. The highest BCUT2D eigenvalue weighted by Crippen LogP contribution is 2.22. The lowest BCUT2D eigenvalue weighted by molar-refractivity contribution is 0.0916. The van der Waals surface area contributed by atoms with Gasteiger partial charge in [-0.1, -0.05) is 44.2 Å². The lowest BCUT2D eigenvalue weighted by Crippen LogP contribution is -2.28. The van der Waals surface area contributed by atoms with E-state index < -0.39 is 6.10 Å². The lowest BCUT2D eigenvalue weighted by Gasteiger charge is -2.12. The Bertz CT molecular complexity index is 596. The van der Waals surface area contributed by atoms with E-state index in [-0.39, 0.29) is 12.5 Å². The van der Waals surface area contributed by atoms with Crippen LogP contribution in [-0.4, -0.2) is 22.8 Å². The maximum absolute atomic E-state index is 12.1. The van der Waals surface area contributed by atoms with Crippen molar-refractivity contribution < 1.29 is 9.90 Å². The van der Waals surface area contributed by atoms with E-state index in [1.54, 1.807) is 11.8 Å². The molecule has 0 saturated carbocycles. The van der Waals surface area contributed by atoms with Crippen LogP contribution < -0.4 is 5.32 Å². The molecular formula is C18H21NO2S. The van der Waals surface area contributed by atoms with Crippen LogP contribution in [0.25, 0.3) is 0 Å². The van der Waals surface area contributed by atoms with Crippen molar-refractivity contribution in [3.8, 4) is 0 Å². The van der Waals surface area contributed by atoms with Crippen LogP contribution in [0.1, 0.15) is 35.9 Å². The molecule has 2 aromatic carbocycles. The Morgan fingerprint density at radius 1 is 1.09 bits per heavy atom. The minimum absolute atomic E-state index is 0.170. The van der Waals surface area contributed by atoms with Gasteiger partial charge in [0.25, 0.3) is 5.91 Å². The van der Waals surface area contributed by atoms with Crippen molar-refractivity contribution in [1.29, 1.82) is 0 Å². The van der Waals surface area contributed by atoms with Gasteiger partial charge in [-0.15, -0.1) is 11.8 Å². The minimum atomic E-state index is -0.694. The smallest absolute Gasteiger partial charge is 0.251 e. The van der Waals surface area contributed by atoms with E-state index in [9.17, 15) is 9.90 Å². The van der Waals surface area contributed by atoms with Gasteiger partial charge in [0, 0.05) is 22.3 Å². The third-order valence-electron chi connectivity index (χ3n) is 3.13. The average molecular weight is 315 g/mol. The fraction of sp³-hybridized carbons (Fsp3) is 0.278. The van der Waals surface area contributed by atoms with Gasteiger partial charge in [-0.3, -0.25) is 4.79 Å². The summed E-state index contributed by atoms with van der Waals surface area (Å²) in [5.41, 5.74) is 1.40. The zero-order valence-electron chi connectivity index (χ0n) is 12.8. The number of hydrogen-bond donors (Lipinski definition) is 2. The van der Waals surface area contributed by atoms with Crippen LogP contribution in [-0.2, 0) is 0 Å². The zero-order chi connectivity index (χ0) is 15.9. The number of amides is 1. The molecule has 0 heterocycles. The molecule has 1 unspecified atom stereocenters. The first-order valence-electron chi connectivity index (χ1n) is 7.34. The van der Waals surface area contributed by atoms with Gasteiger partial charge in [-0.05, 0) is 29.8 Å². The van der Waals surface area contributed by atoms with E-state index in [1.165, 1.54) is 0 Å². The van der Waals surface area contributed by atoms with Gasteiger partial charge in [0.15, 0.2) is 0 Å². The molecule has 1 atom stereocenters. The average Bonchev–Trinajstić information content (AvgIpc) is 2.53. The van der Waals surface area contributed by atoms with Gasteiger partial charge >= 0.3 is 0 Å². The SMILES string of the molecule is CC(C)Sc1ccc(C(=O)NCC(O)c2ccccc2)cc1. The first-order valence-corrected chi connectivity index (χ1v) is 8.22. The van der Waals surface area contributed by atoms with E-state index >= 15 is 0 Å². The van der Waals surface area contributed by atoms with Gasteiger partial charge in [0.2, 0.25) is 0 Å². The number of aliphatic hydroxyl groups excluding tert-OH is 1. The Labute approximate surface area is 135 Å². The van der Waals surface area contributed by atoms with Crippen molar-refractivity contribution in [3.05, 3.63) is 65.7 Å². The zero-order valence-corrected chi connectivity index (χ0v) is 13.6. The molecule has 0 aliphatic carbocycles. The molecule has 116 valence electrons. The fourth-order valence-electron chi connectivity index (χ4n) is 2.04. The monoisotopic (exact) mass is 315 g/mol. The molecule has 22 heavy (non-hydrogen) atoms.